The highest BCUT2D eigenvalue weighted by atomic mass is 16.2. The Bertz CT molecular complexity index is 390. The van der Waals surface area contributed by atoms with Gasteiger partial charge in [-0.05, 0) is 32.1 Å². The van der Waals surface area contributed by atoms with Gasteiger partial charge in [0.2, 0.25) is 0 Å². The Morgan fingerprint density at radius 2 is 2.12 bits per heavy atom. The molecule has 5 nitrogen and oxygen atoms in total. The first-order chi connectivity index (χ1) is 8.16. The number of nitrogen functional groups attached to an aromatic ring is 1. The van der Waals surface area contributed by atoms with E-state index in [1.807, 2.05) is 4.90 Å². The number of nitrogens with two attached hydrogens (primary N) is 1. The molecule has 1 fully saturated rings. The van der Waals surface area contributed by atoms with Crippen molar-refractivity contribution in [3.8, 4) is 0 Å². The second-order valence-corrected chi connectivity index (χ2v) is 4.42. The summed E-state index contributed by atoms with van der Waals surface area (Å²) in [6.45, 7) is 3.56. The minimum atomic E-state index is 0.0489. The summed E-state index contributed by atoms with van der Waals surface area (Å²) in [4.78, 5) is 20.3. The highest BCUT2D eigenvalue weighted by Crippen LogP contribution is 2.08. The molecule has 2 rings (SSSR count). The average molecular weight is 234 g/mol. The van der Waals surface area contributed by atoms with Gasteiger partial charge in [-0.15, -0.1) is 0 Å². The molecule has 1 aromatic heterocycles. The third-order valence-corrected chi connectivity index (χ3v) is 3.04. The quantitative estimate of drug-likeness (QED) is 0.766. The molecular formula is C12H18N4O. The van der Waals surface area contributed by atoms with Crippen LogP contribution < -0.4 is 5.73 Å². The van der Waals surface area contributed by atoms with Gasteiger partial charge in [-0.1, -0.05) is 0 Å². The van der Waals surface area contributed by atoms with Gasteiger partial charge in [-0.25, -0.2) is 4.98 Å². The molecule has 0 spiro atoms. The van der Waals surface area contributed by atoms with Crippen LogP contribution in [0, 0.1) is 0 Å². The number of likely N-dealkylation sites (N-methyl/N-ethyl adjacent to an activating group) is 1. The van der Waals surface area contributed by atoms with Crippen LogP contribution >= 0.6 is 0 Å². The number of nitrogens with zero attached hydrogens (tertiary/aromatic N) is 3. The highest BCUT2D eigenvalue weighted by molar-refractivity contribution is 5.94. The molecule has 2 heterocycles. The van der Waals surface area contributed by atoms with Crippen LogP contribution in [0.4, 0.5) is 5.82 Å². The van der Waals surface area contributed by atoms with Gasteiger partial charge in [-0.2, -0.15) is 0 Å². The Morgan fingerprint density at radius 3 is 2.82 bits per heavy atom. The Balaban J connectivity index is 2.06. The molecule has 1 aromatic rings. The van der Waals surface area contributed by atoms with Crippen molar-refractivity contribution < 1.29 is 4.79 Å². The van der Waals surface area contributed by atoms with Gasteiger partial charge >= 0.3 is 0 Å². The van der Waals surface area contributed by atoms with Gasteiger partial charge < -0.3 is 15.5 Å². The zero-order valence-corrected chi connectivity index (χ0v) is 10.1. The number of amides is 1. The molecule has 92 valence electrons. The summed E-state index contributed by atoms with van der Waals surface area (Å²) in [6.07, 6.45) is 2.57. The largest absolute Gasteiger partial charge is 0.384 e. The Morgan fingerprint density at radius 1 is 1.29 bits per heavy atom. The van der Waals surface area contributed by atoms with E-state index in [9.17, 15) is 4.79 Å². The zero-order valence-electron chi connectivity index (χ0n) is 10.1. The molecule has 1 saturated heterocycles. The van der Waals surface area contributed by atoms with Gasteiger partial charge in [0.25, 0.3) is 5.91 Å². The fraction of sp³-hybridized carbons (Fsp3) is 0.500. The molecule has 0 aromatic carbocycles. The van der Waals surface area contributed by atoms with Gasteiger partial charge in [0.15, 0.2) is 0 Å². The van der Waals surface area contributed by atoms with E-state index < -0.39 is 0 Å². The number of rotatable bonds is 1. The molecule has 0 atom stereocenters. The Labute approximate surface area is 101 Å². The van der Waals surface area contributed by atoms with E-state index in [2.05, 4.69) is 16.9 Å². The summed E-state index contributed by atoms with van der Waals surface area (Å²) in [6, 6.07) is 3.40. The van der Waals surface area contributed by atoms with Crippen molar-refractivity contribution in [3.05, 3.63) is 23.9 Å². The molecule has 0 unspecified atom stereocenters. The summed E-state index contributed by atoms with van der Waals surface area (Å²) >= 11 is 0. The van der Waals surface area contributed by atoms with Crippen LogP contribution in [0.25, 0.3) is 0 Å². The van der Waals surface area contributed by atoms with Gasteiger partial charge in [0, 0.05) is 25.8 Å². The molecule has 0 radical (unpaired) electrons. The maximum atomic E-state index is 12.2. The monoisotopic (exact) mass is 234 g/mol. The number of aromatic nitrogens is 1. The molecular weight excluding hydrogens is 216 g/mol. The van der Waals surface area contributed by atoms with Crippen LogP contribution in [-0.4, -0.2) is 53.9 Å². The number of pyridine rings is 1. The second-order valence-electron chi connectivity index (χ2n) is 4.42. The number of hydrogen-bond acceptors (Lipinski definition) is 4. The lowest BCUT2D eigenvalue weighted by molar-refractivity contribution is 0.0762. The van der Waals surface area contributed by atoms with E-state index in [1.165, 1.54) is 0 Å². The standard InChI is InChI=1S/C12H18N4O/c1-15-5-2-6-16(8-7-15)12(17)10-3-4-11(13)14-9-10/h3-4,9H,2,5-8H2,1H3,(H2,13,14). The first-order valence-electron chi connectivity index (χ1n) is 5.86. The summed E-state index contributed by atoms with van der Waals surface area (Å²) in [5, 5.41) is 0. The molecule has 2 N–H and O–H groups in total. The average Bonchev–Trinajstić information content (AvgIpc) is 2.54. The Hall–Kier alpha value is -1.62. The lowest BCUT2D eigenvalue weighted by Crippen LogP contribution is -2.34. The van der Waals surface area contributed by atoms with Crippen LogP contribution in [0.3, 0.4) is 0 Å². The van der Waals surface area contributed by atoms with Crippen LogP contribution in [0.1, 0.15) is 16.8 Å². The van der Waals surface area contributed by atoms with E-state index in [0.717, 1.165) is 32.6 Å². The smallest absolute Gasteiger partial charge is 0.255 e. The molecule has 0 aliphatic carbocycles. The van der Waals surface area contributed by atoms with Crippen molar-refractivity contribution in [1.82, 2.24) is 14.8 Å². The topological polar surface area (TPSA) is 62.5 Å². The zero-order chi connectivity index (χ0) is 12.3. The van der Waals surface area contributed by atoms with Crippen LogP contribution in [0.2, 0.25) is 0 Å². The van der Waals surface area contributed by atoms with E-state index >= 15 is 0 Å². The molecule has 1 amide bonds. The first-order valence-corrected chi connectivity index (χ1v) is 5.86. The normalized spacial score (nSPS) is 17.8. The number of carbonyl (C=O) groups excluding carboxylic acids is 1. The third-order valence-electron chi connectivity index (χ3n) is 3.04. The predicted molar refractivity (Wildman–Crippen MR) is 66.7 cm³/mol. The summed E-state index contributed by atoms with van der Waals surface area (Å²) in [5.74, 6) is 0.491. The molecule has 1 aliphatic heterocycles. The van der Waals surface area contributed by atoms with Crippen molar-refractivity contribution in [2.45, 2.75) is 6.42 Å². The van der Waals surface area contributed by atoms with Crippen molar-refractivity contribution >= 4 is 11.7 Å². The van der Waals surface area contributed by atoms with Gasteiger partial charge in [0.1, 0.15) is 5.82 Å². The van der Waals surface area contributed by atoms with Gasteiger partial charge in [-0.3, -0.25) is 4.79 Å². The van der Waals surface area contributed by atoms with E-state index in [-0.39, 0.29) is 5.91 Å². The lowest BCUT2D eigenvalue weighted by Gasteiger charge is -2.20. The van der Waals surface area contributed by atoms with Crippen molar-refractivity contribution in [2.24, 2.45) is 0 Å². The van der Waals surface area contributed by atoms with Crippen molar-refractivity contribution in [2.75, 3.05) is 39.0 Å². The predicted octanol–water partition coefficient (Wildman–Crippen LogP) is 0.441. The third kappa shape index (κ3) is 2.94. The van der Waals surface area contributed by atoms with Crippen LogP contribution in [-0.2, 0) is 0 Å². The summed E-state index contributed by atoms with van der Waals surface area (Å²) < 4.78 is 0. The maximum Gasteiger partial charge on any atom is 0.255 e. The summed E-state index contributed by atoms with van der Waals surface area (Å²) in [7, 11) is 2.08. The van der Waals surface area contributed by atoms with E-state index in [4.69, 9.17) is 5.73 Å². The molecule has 5 heteroatoms. The fourth-order valence-corrected chi connectivity index (χ4v) is 1.96. The van der Waals surface area contributed by atoms with Crippen LogP contribution in [0.15, 0.2) is 18.3 Å². The Kier molecular flexibility index (Phi) is 3.58. The van der Waals surface area contributed by atoms with Gasteiger partial charge in [0.05, 0.1) is 5.56 Å². The fourth-order valence-electron chi connectivity index (χ4n) is 1.96. The second kappa shape index (κ2) is 5.14. The highest BCUT2D eigenvalue weighted by Gasteiger charge is 2.18. The number of anilines is 1. The molecule has 0 saturated carbocycles. The van der Waals surface area contributed by atoms with E-state index in [0.29, 0.717) is 11.4 Å². The molecule has 17 heavy (non-hydrogen) atoms. The SMILES string of the molecule is CN1CCCN(C(=O)c2ccc(N)nc2)CC1. The molecule has 1 aliphatic rings. The van der Waals surface area contributed by atoms with Crippen molar-refractivity contribution in [1.29, 1.82) is 0 Å². The first kappa shape index (κ1) is 11.9. The maximum absolute atomic E-state index is 12.2. The van der Waals surface area contributed by atoms with Crippen molar-refractivity contribution in [3.63, 3.8) is 0 Å². The number of carbonyl (C=O) groups is 1. The number of hydrogen-bond donors (Lipinski definition) is 1. The van der Waals surface area contributed by atoms with Crippen LogP contribution in [0.5, 0.6) is 0 Å². The summed E-state index contributed by atoms with van der Waals surface area (Å²) in [5.41, 5.74) is 6.12. The lowest BCUT2D eigenvalue weighted by atomic mass is 10.2. The minimum absolute atomic E-state index is 0.0489. The van der Waals surface area contributed by atoms with E-state index in [1.54, 1.807) is 18.3 Å². The minimum Gasteiger partial charge on any atom is -0.384 e. The molecule has 0 bridgehead atoms.